The minimum absolute atomic E-state index is 0.0170. The van der Waals surface area contributed by atoms with Crippen molar-refractivity contribution in [3.05, 3.63) is 45.4 Å². The van der Waals surface area contributed by atoms with Crippen molar-refractivity contribution in [1.29, 1.82) is 0 Å². The third-order valence-corrected chi connectivity index (χ3v) is 3.61. The van der Waals surface area contributed by atoms with Crippen molar-refractivity contribution in [3.8, 4) is 0 Å². The second-order valence-corrected chi connectivity index (χ2v) is 4.77. The van der Waals surface area contributed by atoms with Gasteiger partial charge in [-0.05, 0) is 25.0 Å². The fourth-order valence-corrected chi connectivity index (χ4v) is 2.69. The van der Waals surface area contributed by atoms with Gasteiger partial charge >= 0.3 is 11.4 Å². The minimum atomic E-state index is -0.418. The van der Waals surface area contributed by atoms with Crippen molar-refractivity contribution >= 4 is 5.65 Å². The molecule has 1 aliphatic carbocycles. The quantitative estimate of drug-likeness (QED) is 0.762. The van der Waals surface area contributed by atoms with E-state index < -0.39 is 5.69 Å². The van der Waals surface area contributed by atoms with Crippen molar-refractivity contribution in [2.24, 2.45) is 0 Å². The van der Waals surface area contributed by atoms with Crippen LogP contribution in [-0.2, 0) is 0 Å². The molecule has 0 atom stereocenters. The zero-order valence-corrected chi connectivity index (χ0v) is 10.1. The second-order valence-electron chi connectivity index (χ2n) is 4.77. The molecule has 1 fully saturated rings. The number of pyridine rings is 1. The molecule has 0 N–H and O–H groups in total. The van der Waals surface area contributed by atoms with E-state index in [9.17, 15) is 9.59 Å². The molecule has 0 radical (unpaired) electrons. The number of fused-ring (bicyclic) bond motifs is 1. The van der Waals surface area contributed by atoms with Crippen molar-refractivity contribution < 1.29 is 0 Å². The maximum Gasteiger partial charge on any atom is 0.353 e. The second kappa shape index (κ2) is 4.40. The van der Waals surface area contributed by atoms with Gasteiger partial charge in [0.15, 0.2) is 0 Å². The Morgan fingerprint density at radius 2 is 1.89 bits per heavy atom. The predicted octanol–water partition coefficient (Wildman–Crippen LogP) is 1.36. The van der Waals surface area contributed by atoms with E-state index in [1.54, 1.807) is 24.4 Å². The highest BCUT2D eigenvalue weighted by Gasteiger charge is 2.20. The van der Waals surface area contributed by atoms with Gasteiger partial charge in [-0.2, -0.15) is 4.98 Å². The van der Waals surface area contributed by atoms with E-state index in [0.29, 0.717) is 5.65 Å². The molecular formula is C13H15N3O2. The largest absolute Gasteiger partial charge is 0.353 e. The number of hydrogen-bond acceptors (Lipinski definition) is 3. The van der Waals surface area contributed by atoms with Crippen LogP contribution in [0, 0.1) is 0 Å². The highest BCUT2D eigenvalue weighted by Crippen LogP contribution is 2.25. The summed E-state index contributed by atoms with van der Waals surface area (Å²) in [5, 5.41) is 0. The smallest absolute Gasteiger partial charge is 0.253 e. The van der Waals surface area contributed by atoms with E-state index in [-0.39, 0.29) is 11.7 Å². The number of nitrogens with zero attached hydrogens (tertiary/aromatic N) is 3. The minimum Gasteiger partial charge on any atom is -0.253 e. The Morgan fingerprint density at radius 3 is 2.67 bits per heavy atom. The zero-order valence-electron chi connectivity index (χ0n) is 10.1. The van der Waals surface area contributed by atoms with Gasteiger partial charge in [-0.1, -0.05) is 25.3 Å². The maximum absolute atomic E-state index is 12.3. The summed E-state index contributed by atoms with van der Waals surface area (Å²) < 4.78 is 2.77. The van der Waals surface area contributed by atoms with Gasteiger partial charge in [0.05, 0.1) is 0 Å². The van der Waals surface area contributed by atoms with E-state index in [0.717, 1.165) is 25.7 Å². The van der Waals surface area contributed by atoms with Crippen molar-refractivity contribution in [3.63, 3.8) is 0 Å². The van der Waals surface area contributed by atoms with Crippen LogP contribution in [0.2, 0.25) is 0 Å². The van der Waals surface area contributed by atoms with E-state index in [4.69, 9.17) is 0 Å². The standard InChI is InChI=1S/C13H15N3O2/c17-12-14-11-8-4-5-9-15(11)13(18)16(12)10-6-2-1-3-7-10/h4-5,8-10H,1-3,6-7H2. The molecule has 1 aliphatic rings. The van der Waals surface area contributed by atoms with Crippen LogP contribution in [0.1, 0.15) is 38.1 Å². The third kappa shape index (κ3) is 1.75. The Balaban J connectivity index is 2.22. The SMILES string of the molecule is O=c1nc2ccccn2c(=O)n1C1CCCCC1. The van der Waals surface area contributed by atoms with Gasteiger partial charge in [0.1, 0.15) is 5.65 Å². The van der Waals surface area contributed by atoms with E-state index in [2.05, 4.69) is 4.98 Å². The summed E-state index contributed by atoms with van der Waals surface area (Å²) in [4.78, 5) is 28.3. The van der Waals surface area contributed by atoms with Crippen molar-refractivity contribution in [1.82, 2.24) is 14.0 Å². The zero-order chi connectivity index (χ0) is 12.5. The Morgan fingerprint density at radius 1 is 1.11 bits per heavy atom. The summed E-state index contributed by atoms with van der Waals surface area (Å²) in [7, 11) is 0. The fraction of sp³-hybridized carbons (Fsp3) is 0.462. The first-order chi connectivity index (χ1) is 8.77. The number of rotatable bonds is 1. The molecule has 0 aromatic carbocycles. The first-order valence-electron chi connectivity index (χ1n) is 6.37. The lowest BCUT2D eigenvalue weighted by Crippen LogP contribution is -2.42. The highest BCUT2D eigenvalue weighted by atomic mass is 16.2. The van der Waals surface area contributed by atoms with Gasteiger partial charge in [-0.25, -0.2) is 14.2 Å². The molecule has 94 valence electrons. The van der Waals surface area contributed by atoms with Crippen LogP contribution in [0.5, 0.6) is 0 Å². The highest BCUT2D eigenvalue weighted by molar-refractivity contribution is 5.35. The summed E-state index contributed by atoms with van der Waals surface area (Å²) in [6.45, 7) is 0. The van der Waals surface area contributed by atoms with Crippen LogP contribution in [-0.4, -0.2) is 14.0 Å². The van der Waals surface area contributed by atoms with Crippen molar-refractivity contribution in [2.75, 3.05) is 0 Å². The third-order valence-electron chi connectivity index (χ3n) is 3.61. The van der Waals surface area contributed by atoms with Gasteiger partial charge in [0.25, 0.3) is 0 Å². The molecule has 18 heavy (non-hydrogen) atoms. The molecule has 0 saturated heterocycles. The predicted molar refractivity (Wildman–Crippen MR) is 67.8 cm³/mol. The van der Waals surface area contributed by atoms with Gasteiger partial charge in [0, 0.05) is 12.2 Å². The van der Waals surface area contributed by atoms with Crippen LogP contribution >= 0.6 is 0 Å². The van der Waals surface area contributed by atoms with Crippen LogP contribution in [0.4, 0.5) is 0 Å². The van der Waals surface area contributed by atoms with Crippen LogP contribution in [0.3, 0.4) is 0 Å². The van der Waals surface area contributed by atoms with Gasteiger partial charge in [-0.3, -0.25) is 4.40 Å². The molecule has 1 saturated carbocycles. The first kappa shape index (κ1) is 11.2. The molecule has 0 bridgehead atoms. The van der Waals surface area contributed by atoms with Crippen LogP contribution in [0.15, 0.2) is 34.0 Å². The molecule has 3 rings (SSSR count). The average molecular weight is 245 g/mol. The Labute approximate surface area is 104 Å². The van der Waals surface area contributed by atoms with Gasteiger partial charge in [-0.15, -0.1) is 0 Å². The molecule has 5 nitrogen and oxygen atoms in total. The Hall–Kier alpha value is -1.91. The maximum atomic E-state index is 12.3. The molecule has 2 aromatic rings. The molecular weight excluding hydrogens is 230 g/mol. The molecule has 0 aliphatic heterocycles. The topological polar surface area (TPSA) is 56.4 Å². The Kier molecular flexibility index (Phi) is 2.74. The summed E-state index contributed by atoms with van der Waals surface area (Å²) in [5.74, 6) is 0. The fourth-order valence-electron chi connectivity index (χ4n) is 2.69. The molecule has 0 amide bonds. The van der Waals surface area contributed by atoms with Crippen LogP contribution < -0.4 is 11.4 Å². The lowest BCUT2D eigenvalue weighted by molar-refractivity contribution is 0.331. The molecule has 2 heterocycles. The summed E-state index contributed by atoms with van der Waals surface area (Å²) in [6.07, 6.45) is 6.80. The normalized spacial score (nSPS) is 17.1. The summed E-state index contributed by atoms with van der Waals surface area (Å²) in [5.41, 5.74) is -0.268. The number of hydrogen-bond donors (Lipinski definition) is 0. The monoisotopic (exact) mass is 245 g/mol. The van der Waals surface area contributed by atoms with Gasteiger partial charge < -0.3 is 0 Å². The molecule has 0 unspecified atom stereocenters. The first-order valence-corrected chi connectivity index (χ1v) is 6.37. The molecule has 0 spiro atoms. The molecule has 5 heteroatoms. The van der Waals surface area contributed by atoms with E-state index in [1.807, 2.05) is 0 Å². The van der Waals surface area contributed by atoms with E-state index in [1.165, 1.54) is 15.4 Å². The molecule has 2 aromatic heterocycles. The summed E-state index contributed by atoms with van der Waals surface area (Å²) >= 11 is 0. The lowest BCUT2D eigenvalue weighted by Gasteiger charge is -2.22. The average Bonchev–Trinajstić information content (AvgIpc) is 2.40. The Bertz CT molecular complexity index is 680. The van der Waals surface area contributed by atoms with Crippen LogP contribution in [0.25, 0.3) is 5.65 Å². The van der Waals surface area contributed by atoms with E-state index >= 15 is 0 Å². The summed E-state index contributed by atoms with van der Waals surface area (Å²) in [6, 6.07) is 5.23. The van der Waals surface area contributed by atoms with Gasteiger partial charge in [0.2, 0.25) is 0 Å². The lowest BCUT2D eigenvalue weighted by atomic mass is 9.95. The number of aromatic nitrogens is 3. The van der Waals surface area contributed by atoms with Crippen molar-refractivity contribution in [2.45, 2.75) is 38.1 Å².